The molecule has 39 heavy (non-hydrogen) atoms. The number of aliphatic hydroxyl groups is 1. The number of pyridine rings is 2. The van der Waals surface area contributed by atoms with Crippen LogP contribution in [0.25, 0.3) is 21.7 Å². The Balaban J connectivity index is 1.69. The van der Waals surface area contributed by atoms with Crippen molar-refractivity contribution in [3.05, 3.63) is 77.3 Å². The molecule has 0 aliphatic heterocycles. The van der Waals surface area contributed by atoms with Crippen molar-refractivity contribution in [3.63, 3.8) is 0 Å². The molecule has 0 saturated heterocycles. The van der Waals surface area contributed by atoms with Crippen LogP contribution < -0.4 is 16.4 Å². The molecule has 1 aromatic carbocycles. The van der Waals surface area contributed by atoms with Crippen LogP contribution in [0.2, 0.25) is 0 Å². The summed E-state index contributed by atoms with van der Waals surface area (Å²) in [6.07, 6.45) is 8.51. The highest BCUT2D eigenvalue weighted by Crippen LogP contribution is 2.33. The van der Waals surface area contributed by atoms with E-state index in [0.717, 1.165) is 5.56 Å². The quantitative estimate of drug-likeness (QED) is 0.183. The van der Waals surface area contributed by atoms with E-state index in [1.165, 1.54) is 24.6 Å². The zero-order valence-corrected chi connectivity index (χ0v) is 22.6. The zero-order valence-electron chi connectivity index (χ0n) is 21.8. The Kier molecular flexibility index (Phi) is 8.43. The van der Waals surface area contributed by atoms with E-state index in [9.17, 15) is 14.7 Å². The first kappa shape index (κ1) is 27.6. The molecule has 4 rings (SSSR count). The fourth-order valence-corrected chi connectivity index (χ4v) is 4.42. The molecule has 0 bridgehead atoms. The van der Waals surface area contributed by atoms with E-state index < -0.39 is 11.5 Å². The third kappa shape index (κ3) is 7.09. The molecule has 0 radical (unpaired) electrons. The number of carbonyl (C=O) groups excluding carboxylic acids is 2. The summed E-state index contributed by atoms with van der Waals surface area (Å²) < 4.78 is 0. The first-order valence-electron chi connectivity index (χ1n) is 12.1. The van der Waals surface area contributed by atoms with Crippen LogP contribution in [-0.4, -0.2) is 57.3 Å². The van der Waals surface area contributed by atoms with Crippen LogP contribution in [0.1, 0.15) is 46.7 Å². The number of aromatic nitrogens is 3. The Morgan fingerprint density at radius 2 is 1.92 bits per heavy atom. The van der Waals surface area contributed by atoms with Gasteiger partial charge in [-0.25, -0.2) is 4.98 Å². The van der Waals surface area contributed by atoms with E-state index in [1.807, 2.05) is 12.1 Å². The minimum absolute atomic E-state index is 0.249. The van der Waals surface area contributed by atoms with Crippen molar-refractivity contribution in [1.82, 2.24) is 20.3 Å². The number of hydrogen-bond acceptors (Lipinski definition) is 9. The first-order valence-corrected chi connectivity index (χ1v) is 13.0. The van der Waals surface area contributed by atoms with E-state index in [0.29, 0.717) is 51.6 Å². The molecule has 0 atom stereocenters. The summed E-state index contributed by atoms with van der Waals surface area (Å²) >= 11 is 1.34. The lowest BCUT2D eigenvalue weighted by Crippen LogP contribution is -2.19. The molecule has 0 aliphatic rings. The summed E-state index contributed by atoms with van der Waals surface area (Å²) in [6, 6.07) is 8.79. The van der Waals surface area contributed by atoms with Gasteiger partial charge in [-0.3, -0.25) is 24.5 Å². The van der Waals surface area contributed by atoms with Gasteiger partial charge < -0.3 is 21.5 Å². The van der Waals surface area contributed by atoms with Crippen molar-refractivity contribution in [3.8, 4) is 21.7 Å². The third-order valence-corrected chi connectivity index (χ3v) is 6.63. The van der Waals surface area contributed by atoms with Gasteiger partial charge in [-0.1, -0.05) is 0 Å². The van der Waals surface area contributed by atoms with Crippen LogP contribution >= 0.6 is 11.3 Å². The number of hydrogen-bond donors (Lipinski definition) is 4. The highest BCUT2D eigenvalue weighted by atomic mass is 32.1. The number of nitrogens with one attached hydrogen (secondary N) is 2. The minimum Gasteiger partial charge on any atom is -0.398 e. The number of aliphatic imine (C=N–C) groups is 1. The van der Waals surface area contributed by atoms with Gasteiger partial charge in [0.15, 0.2) is 0 Å². The highest BCUT2D eigenvalue weighted by molar-refractivity contribution is 7.13. The predicted molar refractivity (Wildman–Crippen MR) is 154 cm³/mol. The number of nitrogens with two attached hydrogens (primary N) is 1. The number of carbonyl (C=O) groups is 2. The van der Waals surface area contributed by atoms with Crippen LogP contribution in [-0.2, 0) is 0 Å². The number of benzene rings is 1. The molecule has 0 fully saturated rings. The lowest BCUT2D eigenvalue weighted by atomic mass is 10.00. The second kappa shape index (κ2) is 11.9. The van der Waals surface area contributed by atoms with Crippen molar-refractivity contribution in [1.29, 1.82) is 0 Å². The fraction of sp³-hybridized carbons (Fsp3) is 0.214. The van der Waals surface area contributed by atoms with Gasteiger partial charge in [0.25, 0.3) is 11.8 Å². The van der Waals surface area contributed by atoms with E-state index in [-0.39, 0.29) is 11.6 Å². The summed E-state index contributed by atoms with van der Waals surface area (Å²) in [4.78, 5) is 42.7. The van der Waals surface area contributed by atoms with Crippen molar-refractivity contribution in [2.75, 3.05) is 24.6 Å². The standard InChI is InChI=1S/C28H29N7O3S/c1-28(2,38)6-8-32-14-19-10-23(21(11-22(19)29)18-9-20(15-33-13-18)25(36)30-3)34-26(37)24-16-39-27(35-24)17-5-4-7-31-12-17/h4-5,7,9-16,38H,6,8,29H2,1-3H3,(H,30,36)(H,34,37). The van der Waals surface area contributed by atoms with E-state index in [4.69, 9.17) is 5.73 Å². The average Bonchev–Trinajstić information content (AvgIpc) is 3.43. The predicted octanol–water partition coefficient (Wildman–Crippen LogP) is 4.04. The van der Waals surface area contributed by atoms with Crippen molar-refractivity contribution >= 4 is 40.7 Å². The lowest BCUT2D eigenvalue weighted by molar-refractivity contribution is 0.0739. The fourth-order valence-electron chi connectivity index (χ4n) is 3.63. The topological polar surface area (TPSA) is 155 Å². The van der Waals surface area contributed by atoms with Crippen LogP contribution in [0.15, 0.2) is 65.5 Å². The van der Waals surface area contributed by atoms with E-state index in [1.54, 1.807) is 62.2 Å². The smallest absolute Gasteiger partial charge is 0.275 e. The molecule has 200 valence electrons. The number of nitrogens with zero attached hydrogens (tertiary/aromatic N) is 4. The van der Waals surface area contributed by atoms with Crippen LogP contribution in [0, 0.1) is 0 Å². The van der Waals surface area contributed by atoms with Crippen molar-refractivity contribution in [2.45, 2.75) is 25.9 Å². The molecule has 2 amide bonds. The Morgan fingerprint density at radius 1 is 1.13 bits per heavy atom. The first-order chi connectivity index (χ1) is 18.6. The third-order valence-electron chi connectivity index (χ3n) is 5.74. The summed E-state index contributed by atoms with van der Waals surface area (Å²) in [5, 5.41) is 17.8. The van der Waals surface area contributed by atoms with E-state index >= 15 is 0 Å². The largest absolute Gasteiger partial charge is 0.398 e. The molecule has 0 spiro atoms. The molecule has 3 aromatic heterocycles. The van der Waals surface area contributed by atoms with Gasteiger partial charge in [0, 0.05) is 83.6 Å². The zero-order chi connectivity index (χ0) is 28.0. The molecule has 10 nitrogen and oxygen atoms in total. The van der Waals surface area contributed by atoms with Gasteiger partial charge >= 0.3 is 0 Å². The van der Waals surface area contributed by atoms with Gasteiger partial charge in [-0.15, -0.1) is 11.3 Å². The normalized spacial score (nSPS) is 11.5. The van der Waals surface area contributed by atoms with E-state index in [2.05, 4.69) is 30.6 Å². The number of thiazole rings is 1. The molecular weight excluding hydrogens is 514 g/mol. The maximum absolute atomic E-state index is 13.3. The summed E-state index contributed by atoms with van der Waals surface area (Å²) in [7, 11) is 1.54. The summed E-state index contributed by atoms with van der Waals surface area (Å²) in [5.74, 6) is -0.698. The van der Waals surface area contributed by atoms with Crippen molar-refractivity contribution < 1.29 is 14.7 Å². The molecule has 0 saturated carbocycles. The van der Waals surface area contributed by atoms with Gasteiger partial charge in [-0.05, 0) is 50.6 Å². The maximum Gasteiger partial charge on any atom is 0.275 e. The van der Waals surface area contributed by atoms with Gasteiger partial charge in [0.1, 0.15) is 10.7 Å². The van der Waals surface area contributed by atoms with Gasteiger partial charge in [0.05, 0.1) is 11.2 Å². The summed E-state index contributed by atoms with van der Waals surface area (Å²) in [5.41, 5.74) is 9.59. The molecule has 0 unspecified atom stereocenters. The van der Waals surface area contributed by atoms with Crippen LogP contribution in [0.3, 0.4) is 0 Å². The van der Waals surface area contributed by atoms with Crippen molar-refractivity contribution in [2.24, 2.45) is 4.99 Å². The molecule has 0 aliphatic carbocycles. The number of amides is 2. The second-order valence-electron chi connectivity index (χ2n) is 9.40. The van der Waals surface area contributed by atoms with Gasteiger partial charge in [0.2, 0.25) is 0 Å². The Labute approximate surface area is 230 Å². The molecule has 3 heterocycles. The average molecular weight is 544 g/mol. The molecular formula is C28H29N7O3S. The summed E-state index contributed by atoms with van der Waals surface area (Å²) in [6.45, 7) is 3.84. The lowest BCUT2D eigenvalue weighted by Gasteiger charge is -2.15. The second-order valence-corrected chi connectivity index (χ2v) is 10.3. The number of rotatable bonds is 9. The highest BCUT2D eigenvalue weighted by Gasteiger charge is 2.18. The maximum atomic E-state index is 13.3. The van der Waals surface area contributed by atoms with Crippen LogP contribution in [0.5, 0.6) is 0 Å². The minimum atomic E-state index is -0.836. The Morgan fingerprint density at radius 3 is 2.64 bits per heavy atom. The Hall–Kier alpha value is -4.48. The monoisotopic (exact) mass is 543 g/mol. The van der Waals surface area contributed by atoms with Gasteiger partial charge in [-0.2, -0.15) is 0 Å². The van der Waals surface area contributed by atoms with Crippen LogP contribution in [0.4, 0.5) is 11.4 Å². The molecule has 4 aromatic rings. The SMILES string of the molecule is CNC(=O)c1cncc(-c2cc(N)c(C=NCCC(C)(C)O)cc2NC(=O)c2csc(-c3cccnc3)n2)c1. The molecule has 11 heteroatoms. The Bertz CT molecular complexity index is 1510. The number of anilines is 2. The molecule has 5 N–H and O–H groups in total. The number of nitrogen functional groups attached to an aromatic ring is 1.